The number of rotatable bonds is 4. The Bertz CT molecular complexity index is 171. The van der Waals surface area contributed by atoms with Gasteiger partial charge in [0.25, 0.3) is 0 Å². The third kappa shape index (κ3) is 2.69. The van der Waals surface area contributed by atoms with Crippen LogP contribution < -0.4 is 5.73 Å². The minimum absolute atomic E-state index is 0.142. The Balaban J connectivity index is 1.58. The number of hydrogen-bond donors (Lipinski definition) is 1. The molecule has 1 aliphatic heterocycles. The molecule has 2 N–H and O–H groups in total. The summed E-state index contributed by atoms with van der Waals surface area (Å²) >= 11 is 0. The van der Waals surface area contributed by atoms with Crippen LogP contribution in [0.25, 0.3) is 0 Å². The van der Waals surface area contributed by atoms with Crippen molar-refractivity contribution in [1.29, 1.82) is 0 Å². The molecule has 2 fully saturated rings. The molecule has 0 radical (unpaired) electrons. The van der Waals surface area contributed by atoms with E-state index in [1.165, 1.54) is 25.7 Å². The van der Waals surface area contributed by atoms with Gasteiger partial charge in [-0.2, -0.15) is 0 Å². The van der Waals surface area contributed by atoms with Gasteiger partial charge in [0.2, 0.25) is 0 Å². The van der Waals surface area contributed by atoms with E-state index in [-0.39, 0.29) is 12.1 Å². The van der Waals surface area contributed by atoms with Gasteiger partial charge in [0.1, 0.15) is 0 Å². The standard InChI is InChI=1S/C11H21NO2/c12-10-5-6-13-8-11(10)14-7-4-9-2-1-3-9/h9-11H,1-8,12H2. The van der Waals surface area contributed by atoms with Crippen molar-refractivity contribution in [2.24, 2.45) is 11.7 Å². The van der Waals surface area contributed by atoms with Crippen molar-refractivity contribution in [2.45, 2.75) is 44.2 Å². The molecule has 1 saturated carbocycles. The lowest BCUT2D eigenvalue weighted by Crippen LogP contribution is -2.44. The Morgan fingerprint density at radius 1 is 1.29 bits per heavy atom. The first kappa shape index (κ1) is 10.4. The molecule has 1 saturated heterocycles. The average molecular weight is 199 g/mol. The monoisotopic (exact) mass is 199 g/mol. The van der Waals surface area contributed by atoms with Gasteiger partial charge in [-0.1, -0.05) is 19.3 Å². The van der Waals surface area contributed by atoms with Gasteiger partial charge in [0.15, 0.2) is 0 Å². The summed E-state index contributed by atoms with van der Waals surface area (Å²) in [6.45, 7) is 2.35. The molecule has 14 heavy (non-hydrogen) atoms. The van der Waals surface area contributed by atoms with Crippen molar-refractivity contribution in [1.82, 2.24) is 0 Å². The topological polar surface area (TPSA) is 44.5 Å². The van der Waals surface area contributed by atoms with Gasteiger partial charge in [0.05, 0.1) is 12.7 Å². The van der Waals surface area contributed by atoms with E-state index < -0.39 is 0 Å². The van der Waals surface area contributed by atoms with Crippen LogP contribution in [0.2, 0.25) is 0 Å². The lowest BCUT2D eigenvalue weighted by molar-refractivity contribution is -0.0654. The number of nitrogens with two attached hydrogens (primary N) is 1. The van der Waals surface area contributed by atoms with Crippen LogP contribution >= 0.6 is 0 Å². The highest BCUT2D eigenvalue weighted by atomic mass is 16.5. The minimum Gasteiger partial charge on any atom is -0.379 e. The Labute approximate surface area is 85.9 Å². The van der Waals surface area contributed by atoms with Crippen LogP contribution in [-0.4, -0.2) is 32.0 Å². The molecule has 0 aromatic carbocycles. The van der Waals surface area contributed by atoms with Gasteiger partial charge in [-0.15, -0.1) is 0 Å². The molecule has 0 aromatic rings. The van der Waals surface area contributed by atoms with E-state index in [1.54, 1.807) is 0 Å². The van der Waals surface area contributed by atoms with Crippen LogP contribution in [0.4, 0.5) is 0 Å². The SMILES string of the molecule is NC1CCOCC1OCCC1CCC1. The lowest BCUT2D eigenvalue weighted by Gasteiger charge is -2.30. The van der Waals surface area contributed by atoms with E-state index >= 15 is 0 Å². The number of ether oxygens (including phenoxy) is 2. The van der Waals surface area contributed by atoms with Crippen molar-refractivity contribution in [3.05, 3.63) is 0 Å². The molecular weight excluding hydrogens is 178 g/mol. The fourth-order valence-corrected chi connectivity index (χ4v) is 2.07. The maximum absolute atomic E-state index is 5.94. The molecule has 0 spiro atoms. The summed E-state index contributed by atoms with van der Waals surface area (Å²) in [7, 11) is 0. The van der Waals surface area contributed by atoms with Crippen molar-refractivity contribution in [2.75, 3.05) is 19.8 Å². The van der Waals surface area contributed by atoms with Gasteiger partial charge in [-0.05, 0) is 18.8 Å². The zero-order valence-electron chi connectivity index (χ0n) is 8.78. The zero-order chi connectivity index (χ0) is 9.80. The molecule has 0 bridgehead atoms. The maximum Gasteiger partial charge on any atom is 0.0959 e. The quantitative estimate of drug-likeness (QED) is 0.742. The highest BCUT2D eigenvalue weighted by Gasteiger charge is 2.24. The summed E-state index contributed by atoms with van der Waals surface area (Å²) < 4.78 is 11.1. The van der Waals surface area contributed by atoms with Crippen LogP contribution in [0, 0.1) is 5.92 Å². The molecule has 0 aromatic heterocycles. The summed E-state index contributed by atoms with van der Waals surface area (Å²) in [6, 6.07) is 0.185. The van der Waals surface area contributed by atoms with Crippen LogP contribution in [0.3, 0.4) is 0 Å². The van der Waals surface area contributed by atoms with Gasteiger partial charge >= 0.3 is 0 Å². The summed E-state index contributed by atoms with van der Waals surface area (Å²) in [4.78, 5) is 0. The van der Waals surface area contributed by atoms with Gasteiger partial charge in [-0.25, -0.2) is 0 Å². The van der Waals surface area contributed by atoms with E-state index in [0.717, 1.165) is 25.6 Å². The van der Waals surface area contributed by atoms with E-state index in [0.29, 0.717) is 6.61 Å². The first-order valence-electron chi connectivity index (χ1n) is 5.81. The van der Waals surface area contributed by atoms with E-state index in [2.05, 4.69) is 0 Å². The first-order valence-corrected chi connectivity index (χ1v) is 5.81. The van der Waals surface area contributed by atoms with Crippen molar-refractivity contribution in [3.8, 4) is 0 Å². The van der Waals surface area contributed by atoms with Gasteiger partial charge in [-0.3, -0.25) is 0 Å². The third-order valence-corrected chi connectivity index (χ3v) is 3.44. The van der Waals surface area contributed by atoms with Crippen molar-refractivity contribution < 1.29 is 9.47 Å². The van der Waals surface area contributed by atoms with Crippen LogP contribution in [0.5, 0.6) is 0 Å². The second-order valence-electron chi connectivity index (χ2n) is 4.52. The highest BCUT2D eigenvalue weighted by Crippen LogP contribution is 2.29. The fraction of sp³-hybridized carbons (Fsp3) is 1.00. The molecule has 82 valence electrons. The van der Waals surface area contributed by atoms with E-state index in [9.17, 15) is 0 Å². The van der Waals surface area contributed by atoms with Crippen molar-refractivity contribution >= 4 is 0 Å². The van der Waals surface area contributed by atoms with E-state index in [4.69, 9.17) is 15.2 Å². The first-order chi connectivity index (χ1) is 6.86. The molecule has 2 unspecified atom stereocenters. The maximum atomic E-state index is 5.94. The third-order valence-electron chi connectivity index (χ3n) is 3.44. The Kier molecular flexibility index (Phi) is 3.79. The van der Waals surface area contributed by atoms with Crippen molar-refractivity contribution in [3.63, 3.8) is 0 Å². The number of hydrogen-bond acceptors (Lipinski definition) is 3. The molecular formula is C11H21NO2. The summed E-state index contributed by atoms with van der Waals surface area (Å²) in [6.07, 6.45) is 6.50. The lowest BCUT2D eigenvalue weighted by atomic mass is 9.83. The van der Waals surface area contributed by atoms with Crippen LogP contribution in [0.15, 0.2) is 0 Å². The molecule has 3 heteroatoms. The Morgan fingerprint density at radius 3 is 2.79 bits per heavy atom. The summed E-state index contributed by atoms with van der Waals surface area (Å²) in [5.74, 6) is 0.927. The fourth-order valence-electron chi connectivity index (χ4n) is 2.07. The summed E-state index contributed by atoms with van der Waals surface area (Å²) in [5, 5.41) is 0. The Hall–Kier alpha value is -0.120. The summed E-state index contributed by atoms with van der Waals surface area (Å²) in [5.41, 5.74) is 5.94. The predicted molar refractivity (Wildman–Crippen MR) is 55.1 cm³/mol. The smallest absolute Gasteiger partial charge is 0.0959 e. The molecule has 1 heterocycles. The molecule has 2 rings (SSSR count). The highest BCUT2D eigenvalue weighted by molar-refractivity contribution is 4.77. The predicted octanol–water partition coefficient (Wildman–Crippen LogP) is 1.31. The molecule has 3 nitrogen and oxygen atoms in total. The normalized spacial score (nSPS) is 34.1. The van der Waals surface area contributed by atoms with Gasteiger partial charge in [0, 0.05) is 19.3 Å². The largest absolute Gasteiger partial charge is 0.379 e. The second-order valence-corrected chi connectivity index (χ2v) is 4.52. The zero-order valence-corrected chi connectivity index (χ0v) is 8.78. The van der Waals surface area contributed by atoms with Crippen LogP contribution in [0.1, 0.15) is 32.1 Å². The molecule has 2 atom stereocenters. The molecule has 0 amide bonds. The molecule has 1 aliphatic carbocycles. The molecule has 2 aliphatic rings. The van der Waals surface area contributed by atoms with Crippen LogP contribution in [-0.2, 0) is 9.47 Å². The Morgan fingerprint density at radius 2 is 2.14 bits per heavy atom. The minimum atomic E-state index is 0.142. The van der Waals surface area contributed by atoms with E-state index in [1.807, 2.05) is 0 Å². The average Bonchev–Trinajstić information content (AvgIpc) is 2.12. The second kappa shape index (κ2) is 5.10. The van der Waals surface area contributed by atoms with Gasteiger partial charge < -0.3 is 15.2 Å².